The number of amides is 2. The van der Waals surface area contributed by atoms with Crippen LogP contribution in [0.15, 0.2) is 18.3 Å². The monoisotopic (exact) mass is 346 g/mol. The number of anilines is 1. The second kappa shape index (κ2) is 9.01. The van der Waals surface area contributed by atoms with Crippen LogP contribution in [0.4, 0.5) is 10.6 Å². The van der Waals surface area contributed by atoms with Gasteiger partial charge in [0.25, 0.3) is 0 Å². The number of carbonyl (C=O) groups is 1. The van der Waals surface area contributed by atoms with Crippen molar-refractivity contribution in [3.05, 3.63) is 23.9 Å². The van der Waals surface area contributed by atoms with E-state index in [0.29, 0.717) is 13.1 Å². The van der Waals surface area contributed by atoms with Gasteiger partial charge < -0.3 is 25.3 Å². The third-order valence-electron chi connectivity index (χ3n) is 5.00. The van der Waals surface area contributed by atoms with Gasteiger partial charge in [-0.15, -0.1) is 0 Å². The summed E-state index contributed by atoms with van der Waals surface area (Å²) in [4.78, 5) is 23.4. The number of pyridine rings is 1. The molecule has 2 aliphatic heterocycles. The van der Waals surface area contributed by atoms with Crippen LogP contribution in [0.5, 0.6) is 0 Å². The number of nitrogens with zero attached hydrogens (tertiary/aromatic N) is 4. The second-order valence-electron chi connectivity index (χ2n) is 6.97. The first-order chi connectivity index (χ1) is 12.2. The number of piperazine rings is 1. The van der Waals surface area contributed by atoms with Gasteiger partial charge in [0.15, 0.2) is 0 Å². The Bertz CT molecular complexity index is 535. The molecule has 25 heavy (non-hydrogen) atoms. The number of hydrogen-bond donors (Lipinski definition) is 2. The highest BCUT2D eigenvalue weighted by atomic mass is 16.2. The Labute approximate surface area is 150 Å². The highest BCUT2D eigenvalue weighted by Gasteiger charge is 2.15. The second-order valence-corrected chi connectivity index (χ2v) is 6.97. The van der Waals surface area contributed by atoms with Gasteiger partial charge in [0.1, 0.15) is 5.82 Å². The van der Waals surface area contributed by atoms with Crippen LogP contribution in [0, 0.1) is 0 Å². The van der Waals surface area contributed by atoms with Gasteiger partial charge in [-0.2, -0.15) is 0 Å². The number of aromatic nitrogens is 1. The molecule has 0 spiro atoms. The number of likely N-dealkylation sites (N-methyl/N-ethyl adjacent to an activating group) is 1. The van der Waals surface area contributed by atoms with Crippen molar-refractivity contribution in [3.63, 3.8) is 0 Å². The molecule has 2 N–H and O–H groups in total. The Balaban J connectivity index is 1.35. The van der Waals surface area contributed by atoms with Gasteiger partial charge in [0.05, 0.1) is 0 Å². The van der Waals surface area contributed by atoms with Crippen LogP contribution in [0.2, 0.25) is 0 Å². The summed E-state index contributed by atoms with van der Waals surface area (Å²) in [5.41, 5.74) is 1.02. The molecule has 7 nitrogen and oxygen atoms in total. The zero-order valence-corrected chi connectivity index (χ0v) is 15.2. The van der Waals surface area contributed by atoms with Crippen LogP contribution < -0.4 is 15.5 Å². The lowest BCUT2D eigenvalue weighted by molar-refractivity contribution is 0.238. The van der Waals surface area contributed by atoms with Crippen LogP contribution >= 0.6 is 0 Å². The molecule has 0 aliphatic carbocycles. The molecule has 1 aromatic heterocycles. The van der Waals surface area contributed by atoms with E-state index in [4.69, 9.17) is 0 Å². The zero-order valence-electron chi connectivity index (χ0n) is 15.2. The van der Waals surface area contributed by atoms with E-state index in [1.54, 1.807) is 0 Å². The molecule has 2 fully saturated rings. The lowest BCUT2D eigenvalue weighted by Crippen LogP contribution is -2.44. The molecular formula is C18H30N6O. The van der Waals surface area contributed by atoms with Crippen LogP contribution in [-0.2, 0) is 6.54 Å². The van der Waals surface area contributed by atoms with Gasteiger partial charge in [-0.1, -0.05) is 6.07 Å². The first kappa shape index (κ1) is 17.9. The van der Waals surface area contributed by atoms with Crippen LogP contribution in [-0.4, -0.2) is 80.2 Å². The van der Waals surface area contributed by atoms with Crippen molar-refractivity contribution in [2.75, 3.05) is 64.3 Å². The van der Waals surface area contributed by atoms with E-state index in [1.807, 2.05) is 18.3 Å². The molecule has 3 rings (SSSR count). The first-order valence-electron chi connectivity index (χ1n) is 9.33. The molecule has 138 valence electrons. The summed E-state index contributed by atoms with van der Waals surface area (Å²) in [6, 6.07) is 3.99. The van der Waals surface area contributed by atoms with Gasteiger partial charge >= 0.3 is 6.03 Å². The minimum absolute atomic E-state index is 0.109. The molecule has 0 aromatic carbocycles. The van der Waals surface area contributed by atoms with Crippen molar-refractivity contribution in [3.8, 4) is 0 Å². The van der Waals surface area contributed by atoms with E-state index in [-0.39, 0.29) is 6.03 Å². The number of rotatable bonds is 6. The summed E-state index contributed by atoms with van der Waals surface area (Å²) in [6.45, 7) is 8.64. The molecule has 7 heteroatoms. The predicted octanol–water partition coefficient (Wildman–Crippen LogP) is 0.728. The van der Waals surface area contributed by atoms with Crippen molar-refractivity contribution >= 4 is 11.8 Å². The maximum atomic E-state index is 11.9. The highest BCUT2D eigenvalue weighted by Crippen LogP contribution is 2.13. The Morgan fingerprint density at radius 1 is 1.08 bits per heavy atom. The number of hydrogen-bond acceptors (Lipinski definition) is 5. The molecule has 2 saturated heterocycles. The summed E-state index contributed by atoms with van der Waals surface area (Å²) in [5.74, 6) is 1.02. The van der Waals surface area contributed by atoms with Crippen molar-refractivity contribution in [1.82, 2.24) is 25.4 Å². The topological polar surface area (TPSA) is 63.7 Å². The van der Waals surface area contributed by atoms with Crippen molar-refractivity contribution in [2.45, 2.75) is 19.4 Å². The van der Waals surface area contributed by atoms with Gasteiger partial charge in [0, 0.05) is 52.0 Å². The first-order valence-corrected chi connectivity index (χ1v) is 9.33. The summed E-state index contributed by atoms with van der Waals surface area (Å²) < 4.78 is 0. The van der Waals surface area contributed by atoms with Crippen LogP contribution in [0.1, 0.15) is 18.4 Å². The van der Waals surface area contributed by atoms with Gasteiger partial charge in [-0.05, 0) is 44.6 Å². The van der Waals surface area contributed by atoms with Gasteiger partial charge in [-0.3, -0.25) is 0 Å². The number of urea groups is 1. The minimum Gasteiger partial charge on any atom is -0.354 e. The number of nitrogens with one attached hydrogen (secondary N) is 2. The van der Waals surface area contributed by atoms with E-state index in [2.05, 4.69) is 37.4 Å². The Morgan fingerprint density at radius 2 is 1.84 bits per heavy atom. The van der Waals surface area contributed by atoms with Crippen LogP contribution in [0.25, 0.3) is 0 Å². The van der Waals surface area contributed by atoms with Gasteiger partial charge in [0.2, 0.25) is 0 Å². The molecule has 0 radical (unpaired) electrons. The molecule has 0 bridgehead atoms. The fraction of sp³-hybridized carbons (Fsp3) is 0.667. The minimum atomic E-state index is -0.109. The average molecular weight is 346 g/mol. The maximum absolute atomic E-state index is 11.9. The van der Waals surface area contributed by atoms with E-state index >= 15 is 0 Å². The van der Waals surface area contributed by atoms with E-state index in [0.717, 1.165) is 57.2 Å². The summed E-state index contributed by atoms with van der Waals surface area (Å²) >= 11 is 0. The third-order valence-corrected chi connectivity index (χ3v) is 5.00. The van der Waals surface area contributed by atoms with E-state index < -0.39 is 0 Å². The van der Waals surface area contributed by atoms with Crippen molar-refractivity contribution in [2.24, 2.45) is 0 Å². The normalized spacial score (nSPS) is 19.2. The largest absolute Gasteiger partial charge is 0.354 e. The fourth-order valence-electron chi connectivity index (χ4n) is 3.32. The molecule has 2 aliphatic rings. The highest BCUT2D eigenvalue weighted by molar-refractivity contribution is 5.73. The predicted molar refractivity (Wildman–Crippen MR) is 99.9 cm³/mol. The average Bonchev–Trinajstić information content (AvgIpc) is 3.15. The Kier molecular flexibility index (Phi) is 6.47. The molecular weight excluding hydrogens is 316 g/mol. The lowest BCUT2D eigenvalue weighted by Gasteiger charge is -2.33. The smallest absolute Gasteiger partial charge is 0.315 e. The molecule has 0 unspecified atom stereocenters. The zero-order chi connectivity index (χ0) is 17.5. The van der Waals surface area contributed by atoms with Crippen molar-refractivity contribution in [1.29, 1.82) is 0 Å². The molecule has 0 saturated carbocycles. The molecule has 1 aromatic rings. The Morgan fingerprint density at radius 3 is 2.52 bits per heavy atom. The standard InChI is InChI=1S/C18H30N6O/c1-22-10-12-24(13-11-22)17-5-4-16(14-20-17)15-21-18(25)19-6-9-23-7-2-3-8-23/h4-5,14H,2-3,6-13,15H2,1H3,(H2,19,21,25). The fourth-order valence-corrected chi connectivity index (χ4v) is 3.32. The summed E-state index contributed by atoms with van der Waals surface area (Å²) in [7, 11) is 2.15. The number of likely N-dealkylation sites (tertiary alicyclic amines) is 1. The quantitative estimate of drug-likeness (QED) is 0.795. The SMILES string of the molecule is CN1CCN(c2ccc(CNC(=O)NCCN3CCCC3)cn2)CC1. The summed E-state index contributed by atoms with van der Waals surface area (Å²) in [5, 5.41) is 5.82. The molecule has 0 atom stereocenters. The molecule has 2 amide bonds. The third kappa shape index (κ3) is 5.57. The van der Waals surface area contributed by atoms with E-state index in [9.17, 15) is 4.79 Å². The van der Waals surface area contributed by atoms with Gasteiger partial charge in [-0.25, -0.2) is 9.78 Å². The summed E-state index contributed by atoms with van der Waals surface area (Å²) in [6.07, 6.45) is 4.42. The Hall–Kier alpha value is -1.86. The maximum Gasteiger partial charge on any atom is 0.315 e. The lowest BCUT2D eigenvalue weighted by atomic mass is 10.2. The number of carbonyl (C=O) groups excluding carboxylic acids is 1. The van der Waals surface area contributed by atoms with Crippen molar-refractivity contribution < 1.29 is 4.79 Å². The van der Waals surface area contributed by atoms with E-state index in [1.165, 1.54) is 12.8 Å². The van der Waals surface area contributed by atoms with Crippen LogP contribution in [0.3, 0.4) is 0 Å². The molecule has 3 heterocycles.